The van der Waals surface area contributed by atoms with Crippen LogP contribution < -0.4 is 15.4 Å². The topological polar surface area (TPSA) is 81.1 Å². The van der Waals surface area contributed by atoms with E-state index in [0.717, 1.165) is 6.54 Å². The van der Waals surface area contributed by atoms with Gasteiger partial charge in [-0.15, -0.1) is 5.10 Å². The summed E-state index contributed by atoms with van der Waals surface area (Å²) in [5.74, 6) is -0.266. The van der Waals surface area contributed by atoms with Crippen LogP contribution in [0, 0.1) is 6.92 Å². The molecule has 0 unspecified atom stereocenters. The van der Waals surface area contributed by atoms with Crippen molar-refractivity contribution in [2.45, 2.75) is 33.4 Å². The number of carbonyl (C=O) groups excluding carboxylic acids is 1. The normalized spacial score (nSPS) is 12.2. The van der Waals surface area contributed by atoms with E-state index < -0.39 is 6.61 Å². The number of halogens is 2. The second-order valence-corrected chi connectivity index (χ2v) is 5.48. The first-order valence-corrected chi connectivity index (χ1v) is 7.91. The minimum absolute atomic E-state index is 0.0481. The van der Waals surface area contributed by atoms with Gasteiger partial charge in [0.2, 0.25) is 0 Å². The van der Waals surface area contributed by atoms with Crippen LogP contribution in [0.25, 0.3) is 5.69 Å². The number of ether oxygens (including phenoxy) is 1. The smallest absolute Gasteiger partial charge is 0.387 e. The van der Waals surface area contributed by atoms with Crippen LogP contribution in [-0.4, -0.2) is 46.6 Å². The average Bonchev–Trinajstić information content (AvgIpc) is 2.95. The molecule has 136 valence electrons. The molecule has 0 radical (unpaired) electrons. The van der Waals surface area contributed by atoms with Gasteiger partial charge in [-0.1, -0.05) is 12.1 Å². The van der Waals surface area contributed by atoms with Gasteiger partial charge in [-0.2, -0.15) is 8.78 Å². The van der Waals surface area contributed by atoms with Crippen molar-refractivity contribution in [3.63, 3.8) is 0 Å². The number of amides is 1. The van der Waals surface area contributed by atoms with Crippen molar-refractivity contribution in [1.82, 2.24) is 25.6 Å². The molecule has 0 aliphatic rings. The van der Waals surface area contributed by atoms with E-state index in [1.807, 2.05) is 13.8 Å². The minimum atomic E-state index is -2.88. The van der Waals surface area contributed by atoms with Crippen LogP contribution in [0.1, 0.15) is 30.0 Å². The predicted octanol–water partition coefficient (Wildman–Crippen LogP) is 1.90. The maximum atomic E-state index is 12.2. The lowest BCUT2D eigenvalue weighted by Crippen LogP contribution is -2.39. The summed E-state index contributed by atoms with van der Waals surface area (Å²) in [6.45, 7) is 4.09. The highest BCUT2D eigenvalue weighted by atomic mass is 19.3. The van der Waals surface area contributed by atoms with Crippen molar-refractivity contribution in [3.8, 4) is 11.4 Å². The van der Waals surface area contributed by atoms with Crippen molar-refractivity contribution in [2.24, 2.45) is 0 Å². The highest BCUT2D eigenvalue weighted by Crippen LogP contribution is 2.18. The molecule has 0 fully saturated rings. The standard InChI is InChI=1S/C16H21F2N5O2/c1-4-19-10(2)9-20-15(24)14-11(3)23(22-21-14)12-5-7-13(8-6-12)25-16(17)18/h5-8,10,16,19H,4,9H2,1-3H3,(H,20,24)/t10-/m1/s1. The third-order valence-electron chi connectivity index (χ3n) is 3.54. The van der Waals surface area contributed by atoms with Crippen LogP contribution in [-0.2, 0) is 0 Å². The number of nitrogens with one attached hydrogen (secondary N) is 2. The Balaban J connectivity index is 2.08. The minimum Gasteiger partial charge on any atom is -0.435 e. The summed E-state index contributed by atoms with van der Waals surface area (Å²) in [6.07, 6.45) is 0. The Hall–Kier alpha value is -2.55. The number of carbonyl (C=O) groups is 1. The van der Waals surface area contributed by atoms with Crippen LogP contribution in [0.15, 0.2) is 24.3 Å². The first-order chi connectivity index (χ1) is 11.9. The van der Waals surface area contributed by atoms with Gasteiger partial charge >= 0.3 is 6.61 Å². The summed E-state index contributed by atoms with van der Waals surface area (Å²) in [6, 6.07) is 6.08. The number of nitrogens with zero attached hydrogens (tertiary/aromatic N) is 3. The first kappa shape index (κ1) is 18.8. The van der Waals surface area contributed by atoms with Crippen molar-refractivity contribution < 1.29 is 18.3 Å². The number of aromatic nitrogens is 3. The van der Waals surface area contributed by atoms with Crippen LogP contribution in [0.3, 0.4) is 0 Å². The molecule has 0 aliphatic heterocycles. The van der Waals surface area contributed by atoms with Gasteiger partial charge in [0.1, 0.15) is 5.75 Å². The molecule has 2 aromatic rings. The monoisotopic (exact) mass is 353 g/mol. The van der Waals surface area contributed by atoms with Gasteiger partial charge in [0.15, 0.2) is 5.69 Å². The molecule has 0 aliphatic carbocycles. The quantitative estimate of drug-likeness (QED) is 0.758. The predicted molar refractivity (Wildman–Crippen MR) is 88.2 cm³/mol. The summed E-state index contributed by atoms with van der Waals surface area (Å²) in [5, 5.41) is 13.9. The Kier molecular flexibility index (Phi) is 6.40. The van der Waals surface area contributed by atoms with E-state index in [4.69, 9.17) is 0 Å². The molecule has 2 N–H and O–H groups in total. The number of rotatable bonds is 8. The molecule has 1 atom stereocenters. The summed E-state index contributed by atoms with van der Waals surface area (Å²) < 4.78 is 30.1. The van der Waals surface area contributed by atoms with E-state index in [1.54, 1.807) is 19.1 Å². The van der Waals surface area contributed by atoms with Crippen molar-refractivity contribution in [2.75, 3.05) is 13.1 Å². The zero-order valence-electron chi connectivity index (χ0n) is 14.3. The average molecular weight is 353 g/mol. The third kappa shape index (κ3) is 4.96. The maximum Gasteiger partial charge on any atom is 0.387 e. The lowest BCUT2D eigenvalue weighted by Gasteiger charge is -2.12. The molecule has 0 saturated carbocycles. The van der Waals surface area contributed by atoms with Crippen LogP contribution in [0.2, 0.25) is 0 Å². The fourth-order valence-electron chi connectivity index (χ4n) is 2.30. The lowest BCUT2D eigenvalue weighted by molar-refractivity contribution is -0.0498. The fraction of sp³-hybridized carbons (Fsp3) is 0.438. The maximum absolute atomic E-state index is 12.2. The molecule has 1 amide bonds. The van der Waals surface area contributed by atoms with Crippen LogP contribution >= 0.6 is 0 Å². The van der Waals surface area contributed by atoms with E-state index in [9.17, 15) is 13.6 Å². The van der Waals surface area contributed by atoms with Gasteiger partial charge in [-0.05, 0) is 44.7 Å². The Morgan fingerprint density at radius 1 is 1.32 bits per heavy atom. The van der Waals surface area contributed by atoms with Crippen LogP contribution in [0.4, 0.5) is 8.78 Å². The molecular formula is C16H21F2N5O2. The van der Waals surface area contributed by atoms with Crippen molar-refractivity contribution >= 4 is 5.91 Å². The van der Waals surface area contributed by atoms with E-state index in [0.29, 0.717) is 17.9 Å². The van der Waals surface area contributed by atoms with E-state index in [-0.39, 0.29) is 23.4 Å². The van der Waals surface area contributed by atoms with Gasteiger partial charge in [-0.25, -0.2) is 4.68 Å². The molecule has 1 heterocycles. The summed E-state index contributed by atoms with van der Waals surface area (Å²) >= 11 is 0. The zero-order chi connectivity index (χ0) is 18.4. The van der Waals surface area contributed by atoms with Crippen molar-refractivity contribution in [3.05, 3.63) is 35.7 Å². The van der Waals surface area contributed by atoms with E-state index in [1.165, 1.54) is 16.8 Å². The summed E-state index contributed by atoms with van der Waals surface area (Å²) in [5.41, 5.74) is 1.36. The largest absolute Gasteiger partial charge is 0.435 e. The summed E-state index contributed by atoms with van der Waals surface area (Å²) in [4.78, 5) is 12.2. The second-order valence-electron chi connectivity index (χ2n) is 5.48. The number of hydrogen-bond donors (Lipinski definition) is 2. The van der Waals surface area contributed by atoms with Gasteiger partial charge in [-0.3, -0.25) is 4.79 Å². The SMILES string of the molecule is CCN[C@H](C)CNC(=O)c1nnn(-c2ccc(OC(F)F)cc2)c1C. The molecule has 25 heavy (non-hydrogen) atoms. The number of alkyl halides is 2. The second kappa shape index (κ2) is 8.52. The van der Waals surface area contributed by atoms with Gasteiger partial charge < -0.3 is 15.4 Å². The summed E-state index contributed by atoms with van der Waals surface area (Å²) in [7, 11) is 0. The van der Waals surface area contributed by atoms with E-state index in [2.05, 4.69) is 25.7 Å². The zero-order valence-corrected chi connectivity index (χ0v) is 14.3. The molecule has 0 bridgehead atoms. The molecule has 1 aromatic heterocycles. The van der Waals surface area contributed by atoms with E-state index >= 15 is 0 Å². The molecule has 1 aromatic carbocycles. The molecule has 7 nitrogen and oxygen atoms in total. The number of hydrogen-bond acceptors (Lipinski definition) is 5. The number of likely N-dealkylation sites (N-methyl/N-ethyl adjacent to an activating group) is 1. The Bertz CT molecular complexity index is 703. The van der Waals surface area contributed by atoms with Gasteiger partial charge in [0, 0.05) is 12.6 Å². The third-order valence-corrected chi connectivity index (χ3v) is 3.54. The Morgan fingerprint density at radius 3 is 2.60 bits per heavy atom. The Morgan fingerprint density at radius 2 is 2.00 bits per heavy atom. The Labute approximate surface area is 144 Å². The highest BCUT2D eigenvalue weighted by molar-refractivity contribution is 5.93. The number of benzene rings is 1. The lowest BCUT2D eigenvalue weighted by atomic mass is 10.2. The molecule has 0 saturated heterocycles. The highest BCUT2D eigenvalue weighted by Gasteiger charge is 2.17. The molecule has 2 rings (SSSR count). The fourth-order valence-corrected chi connectivity index (χ4v) is 2.30. The molecule has 9 heteroatoms. The molecular weight excluding hydrogens is 332 g/mol. The van der Waals surface area contributed by atoms with Crippen molar-refractivity contribution in [1.29, 1.82) is 0 Å². The van der Waals surface area contributed by atoms with Crippen LogP contribution in [0.5, 0.6) is 5.75 Å². The molecule has 0 spiro atoms. The van der Waals surface area contributed by atoms with Gasteiger partial charge in [0.05, 0.1) is 11.4 Å². The first-order valence-electron chi connectivity index (χ1n) is 7.91. The van der Waals surface area contributed by atoms with Gasteiger partial charge in [0.25, 0.3) is 5.91 Å².